The van der Waals surface area contributed by atoms with Crippen LogP contribution in [-0.4, -0.2) is 45.3 Å². The Balaban J connectivity index is 1.75. The zero-order valence-electron chi connectivity index (χ0n) is 10.9. The lowest BCUT2D eigenvalue weighted by Gasteiger charge is -2.34. The molecule has 0 saturated carbocycles. The highest BCUT2D eigenvalue weighted by Crippen LogP contribution is 2.19. The van der Waals surface area contributed by atoms with Crippen LogP contribution in [0.1, 0.15) is 0 Å². The van der Waals surface area contributed by atoms with Gasteiger partial charge in [0.1, 0.15) is 11.0 Å². The number of amides is 1. The van der Waals surface area contributed by atoms with E-state index in [1.165, 1.54) is 6.20 Å². The van der Waals surface area contributed by atoms with Crippen LogP contribution in [0, 0.1) is 0 Å². The fraction of sp³-hybridized carbons (Fsp3) is 0.333. The Kier molecular flexibility index (Phi) is 3.27. The van der Waals surface area contributed by atoms with Crippen molar-refractivity contribution >= 4 is 29.0 Å². The van der Waals surface area contributed by atoms with E-state index in [-0.39, 0.29) is 12.5 Å². The van der Waals surface area contributed by atoms with E-state index in [0.717, 1.165) is 5.69 Å². The van der Waals surface area contributed by atoms with Gasteiger partial charge in [0.15, 0.2) is 0 Å². The highest BCUT2D eigenvalue weighted by Gasteiger charge is 2.26. The Labute approximate surface area is 120 Å². The summed E-state index contributed by atoms with van der Waals surface area (Å²) in [6.45, 7) is 1.51. The molecule has 0 unspecified atom stereocenters. The van der Waals surface area contributed by atoms with Gasteiger partial charge in [-0.05, 0) is 0 Å². The number of carbonyl (C=O) groups excluding carboxylic acids is 1. The normalized spacial score (nSPS) is 15.8. The molecule has 3 heterocycles. The van der Waals surface area contributed by atoms with Crippen molar-refractivity contribution in [2.24, 2.45) is 7.05 Å². The zero-order valence-corrected chi connectivity index (χ0v) is 11.7. The fourth-order valence-corrected chi connectivity index (χ4v) is 2.32. The monoisotopic (exact) mass is 292 g/mol. The third kappa shape index (κ3) is 2.44. The van der Waals surface area contributed by atoms with Gasteiger partial charge >= 0.3 is 0 Å². The van der Waals surface area contributed by atoms with E-state index in [0.29, 0.717) is 24.1 Å². The Morgan fingerprint density at radius 2 is 2.10 bits per heavy atom. The molecule has 0 N–H and O–H groups in total. The van der Waals surface area contributed by atoms with Gasteiger partial charge in [-0.1, -0.05) is 11.6 Å². The molecule has 0 radical (unpaired) electrons. The Morgan fingerprint density at radius 3 is 2.75 bits per heavy atom. The summed E-state index contributed by atoms with van der Waals surface area (Å²) in [5.41, 5.74) is 0.814. The van der Waals surface area contributed by atoms with Crippen molar-refractivity contribution in [3.63, 3.8) is 0 Å². The van der Waals surface area contributed by atoms with Crippen molar-refractivity contribution in [1.29, 1.82) is 0 Å². The molecule has 3 rings (SSSR count). The summed E-state index contributed by atoms with van der Waals surface area (Å²) in [7, 11) is 1.83. The summed E-state index contributed by atoms with van der Waals surface area (Å²) in [5, 5.41) is 4.41. The van der Waals surface area contributed by atoms with Crippen LogP contribution >= 0.6 is 11.6 Å². The van der Waals surface area contributed by atoms with Crippen LogP contribution in [0.15, 0.2) is 24.8 Å². The number of rotatable bonds is 2. The first-order valence-corrected chi connectivity index (χ1v) is 6.53. The second kappa shape index (κ2) is 5.09. The van der Waals surface area contributed by atoms with Crippen molar-refractivity contribution in [3.8, 4) is 0 Å². The van der Waals surface area contributed by atoms with E-state index < -0.39 is 0 Å². The minimum absolute atomic E-state index is 0.00558. The summed E-state index contributed by atoms with van der Waals surface area (Å²) in [5.74, 6) is 0.628. The predicted octanol–water partition coefficient (Wildman–Crippen LogP) is 0.717. The van der Waals surface area contributed by atoms with E-state index in [2.05, 4.69) is 15.1 Å². The maximum Gasteiger partial charge on any atom is 0.246 e. The number of nitrogens with zero attached hydrogens (tertiary/aromatic N) is 6. The molecule has 0 spiro atoms. The molecule has 104 valence electrons. The first-order chi connectivity index (χ1) is 9.63. The first-order valence-electron chi connectivity index (χ1n) is 6.15. The lowest BCUT2D eigenvalue weighted by Crippen LogP contribution is -2.50. The van der Waals surface area contributed by atoms with Gasteiger partial charge in [0.05, 0.1) is 30.8 Å². The largest absolute Gasteiger partial charge is 0.344 e. The second-order valence-corrected chi connectivity index (χ2v) is 4.93. The van der Waals surface area contributed by atoms with Crippen LogP contribution in [-0.2, 0) is 11.8 Å². The number of hydrogen-bond acceptors (Lipinski definition) is 5. The van der Waals surface area contributed by atoms with Crippen molar-refractivity contribution in [3.05, 3.63) is 29.9 Å². The molecule has 1 amide bonds. The average Bonchev–Trinajstić information content (AvgIpc) is 2.85. The molecule has 2 aromatic rings. The number of anilines is 2. The van der Waals surface area contributed by atoms with Gasteiger partial charge < -0.3 is 9.80 Å². The van der Waals surface area contributed by atoms with Gasteiger partial charge in [0, 0.05) is 26.3 Å². The molecule has 8 heteroatoms. The highest BCUT2D eigenvalue weighted by atomic mass is 35.5. The molecule has 7 nitrogen and oxygen atoms in total. The summed E-state index contributed by atoms with van der Waals surface area (Å²) in [6, 6.07) is 0. The van der Waals surface area contributed by atoms with Gasteiger partial charge in [0.2, 0.25) is 5.91 Å². The van der Waals surface area contributed by atoms with Gasteiger partial charge in [-0.25, -0.2) is 4.98 Å². The summed E-state index contributed by atoms with van der Waals surface area (Å²) < 4.78 is 1.68. The first kappa shape index (κ1) is 12.9. The number of aromatic nitrogens is 4. The number of halogens is 1. The van der Waals surface area contributed by atoms with E-state index in [1.54, 1.807) is 22.0 Å². The maximum absolute atomic E-state index is 12.2. The Hall–Kier alpha value is -2.15. The Morgan fingerprint density at radius 1 is 1.25 bits per heavy atom. The summed E-state index contributed by atoms with van der Waals surface area (Å²) >= 11 is 5.82. The van der Waals surface area contributed by atoms with Crippen LogP contribution in [0.3, 0.4) is 0 Å². The van der Waals surface area contributed by atoms with Crippen LogP contribution < -0.4 is 9.80 Å². The topological polar surface area (TPSA) is 67.2 Å². The predicted molar refractivity (Wildman–Crippen MR) is 74.8 cm³/mol. The van der Waals surface area contributed by atoms with Gasteiger partial charge in [0.25, 0.3) is 0 Å². The molecule has 2 aromatic heterocycles. The standard InChI is InChI=1S/C12H13ClN6O/c1-17-7-9(4-15-17)19-3-2-18(8-12(19)20)11-6-14-5-10(13)16-11/h4-7H,2-3,8H2,1H3. The number of hydrogen-bond donors (Lipinski definition) is 0. The molecule has 1 fully saturated rings. The van der Waals surface area contributed by atoms with Crippen molar-refractivity contribution in [2.45, 2.75) is 0 Å². The zero-order chi connectivity index (χ0) is 14.1. The molecule has 0 aromatic carbocycles. The van der Waals surface area contributed by atoms with E-state index in [9.17, 15) is 4.79 Å². The summed E-state index contributed by atoms with van der Waals surface area (Å²) in [6.07, 6.45) is 6.59. The van der Waals surface area contributed by atoms with E-state index >= 15 is 0 Å². The molecule has 1 aliphatic rings. The molecule has 1 saturated heterocycles. The van der Waals surface area contributed by atoms with Crippen LogP contribution in [0.4, 0.5) is 11.5 Å². The minimum Gasteiger partial charge on any atom is -0.344 e. The molecule has 0 atom stereocenters. The highest BCUT2D eigenvalue weighted by molar-refractivity contribution is 6.29. The smallest absolute Gasteiger partial charge is 0.246 e. The fourth-order valence-electron chi connectivity index (χ4n) is 2.17. The third-order valence-electron chi connectivity index (χ3n) is 3.14. The number of carbonyl (C=O) groups is 1. The summed E-state index contributed by atoms with van der Waals surface area (Å²) in [4.78, 5) is 24.0. The molecule has 0 bridgehead atoms. The van der Waals surface area contributed by atoms with E-state index in [1.807, 2.05) is 18.1 Å². The van der Waals surface area contributed by atoms with Crippen LogP contribution in [0.5, 0.6) is 0 Å². The Bertz CT molecular complexity index is 642. The van der Waals surface area contributed by atoms with Crippen molar-refractivity contribution in [2.75, 3.05) is 29.4 Å². The lowest BCUT2D eigenvalue weighted by atomic mass is 10.3. The molecule has 20 heavy (non-hydrogen) atoms. The molecule has 0 aliphatic carbocycles. The maximum atomic E-state index is 12.2. The third-order valence-corrected chi connectivity index (χ3v) is 3.32. The average molecular weight is 293 g/mol. The SMILES string of the molecule is Cn1cc(N2CCN(c3cncc(Cl)n3)CC2=O)cn1. The number of aryl methyl sites for hydroxylation is 1. The van der Waals surface area contributed by atoms with Gasteiger partial charge in [-0.15, -0.1) is 0 Å². The number of piperazine rings is 1. The minimum atomic E-state index is 0.00558. The van der Waals surface area contributed by atoms with Crippen molar-refractivity contribution in [1.82, 2.24) is 19.7 Å². The van der Waals surface area contributed by atoms with Crippen molar-refractivity contribution < 1.29 is 4.79 Å². The van der Waals surface area contributed by atoms with Gasteiger partial charge in [-0.2, -0.15) is 5.10 Å². The van der Waals surface area contributed by atoms with Crippen LogP contribution in [0.25, 0.3) is 0 Å². The molecule has 1 aliphatic heterocycles. The second-order valence-electron chi connectivity index (χ2n) is 4.54. The van der Waals surface area contributed by atoms with Crippen LogP contribution in [0.2, 0.25) is 5.15 Å². The van der Waals surface area contributed by atoms with E-state index in [4.69, 9.17) is 11.6 Å². The quantitative estimate of drug-likeness (QED) is 0.816. The lowest BCUT2D eigenvalue weighted by molar-refractivity contribution is -0.117. The molecular weight excluding hydrogens is 280 g/mol. The van der Waals surface area contributed by atoms with Gasteiger partial charge in [-0.3, -0.25) is 14.5 Å². The molecular formula is C12H13ClN6O.